The fraction of sp³-hybridized carbons (Fsp3) is 0.333. The van der Waals surface area contributed by atoms with Crippen LogP contribution in [-0.4, -0.2) is 40.0 Å². The number of aromatic amines is 1. The number of aryl methyl sites for hydroxylation is 1. The maximum atomic E-state index is 12.4. The summed E-state index contributed by atoms with van der Waals surface area (Å²) in [6.45, 7) is 3.21. The van der Waals surface area contributed by atoms with Gasteiger partial charge in [0.2, 0.25) is 5.95 Å². The Bertz CT molecular complexity index is 968. The molecule has 1 amide bonds. The molecule has 134 valence electrons. The molecule has 4 rings (SSSR count). The summed E-state index contributed by atoms with van der Waals surface area (Å²) in [7, 11) is 0. The van der Waals surface area contributed by atoms with Crippen molar-refractivity contribution in [2.75, 3.05) is 18.0 Å². The molecule has 4 heterocycles. The minimum Gasteiger partial charge on any atom is -0.449 e. The number of hydrogen-bond donors (Lipinski definition) is 2. The van der Waals surface area contributed by atoms with Crippen molar-refractivity contribution in [2.45, 2.75) is 25.8 Å². The average Bonchev–Trinajstić information content (AvgIpc) is 3.06. The van der Waals surface area contributed by atoms with Gasteiger partial charge < -0.3 is 14.6 Å². The summed E-state index contributed by atoms with van der Waals surface area (Å²) >= 11 is 0. The van der Waals surface area contributed by atoms with Gasteiger partial charge in [-0.3, -0.25) is 19.6 Å². The molecule has 0 spiro atoms. The van der Waals surface area contributed by atoms with E-state index in [1.807, 2.05) is 4.90 Å². The molecule has 1 saturated heterocycles. The van der Waals surface area contributed by atoms with Crippen molar-refractivity contribution in [3.05, 3.63) is 52.3 Å². The molecule has 2 N–H and O–H groups in total. The monoisotopic (exact) mass is 353 g/mol. The van der Waals surface area contributed by atoms with E-state index >= 15 is 0 Å². The number of carbonyl (C=O) groups excluding carboxylic acids is 1. The van der Waals surface area contributed by atoms with E-state index < -0.39 is 0 Å². The number of furan rings is 1. The van der Waals surface area contributed by atoms with Crippen LogP contribution in [0.5, 0.6) is 0 Å². The second-order valence-corrected chi connectivity index (χ2v) is 6.44. The van der Waals surface area contributed by atoms with Gasteiger partial charge in [0.15, 0.2) is 11.3 Å². The quantitative estimate of drug-likeness (QED) is 0.741. The number of piperidine rings is 1. The van der Waals surface area contributed by atoms with Crippen LogP contribution in [0.25, 0.3) is 11.1 Å². The molecule has 0 aliphatic carbocycles. The van der Waals surface area contributed by atoms with Crippen molar-refractivity contribution >= 4 is 23.0 Å². The van der Waals surface area contributed by atoms with E-state index in [1.165, 1.54) is 6.07 Å². The van der Waals surface area contributed by atoms with E-state index in [1.54, 1.807) is 31.3 Å². The van der Waals surface area contributed by atoms with Crippen LogP contribution in [0.2, 0.25) is 0 Å². The molecule has 0 saturated carbocycles. The normalized spacial score (nSPS) is 15.3. The molecule has 0 bridgehead atoms. The van der Waals surface area contributed by atoms with Gasteiger partial charge in [0, 0.05) is 43.2 Å². The van der Waals surface area contributed by atoms with Gasteiger partial charge in [0.25, 0.3) is 11.5 Å². The van der Waals surface area contributed by atoms with Crippen molar-refractivity contribution in [3.63, 3.8) is 0 Å². The van der Waals surface area contributed by atoms with E-state index in [0.29, 0.717) is 35.8 Å². The number of nitrogens with one attached hydrogen (secondary N) is 2. The summed E-state index contributed by atoms with van der Waals surface area (Å²) in [6, 6.07) is 6.73. The molecule has 1 aliphatic heterocycles. The Morgan fingerprint density at radius 1 is 1.35 bits per heavy atom. The topological polar surface area (TPSA) is 104 Å². The highest BCUT2D eigenvalue weighted by molar-refractivity contribution is 5.95. The van der Waals surface area contributed by atoms with E-state index in [9.17, 15) is 9.59 Å². The van der Waals surface area contributed by atoms with Crippen LogP contribution < -0.4 is 15.8 Å². The van der Waals surface area contributed by atoms with Crippen molar-refractivity contribution in [1.29, 1.82) is 0 Å². The lowest BCUT2D eigenvalue weighted by molar-refractivity contribution is 0.0905. The maximum Gasteiger partial charge on any atom is 0.287 e. The number of anilines is 1. The Hall–Kier alpha value is -3.16. The highest BCUT2D eigenvalue weighted by Crippen LogP contribution is 2.19. The summed E-state index contributed by atoms with van der Waals surface area (Å²) < 4.78 is 5.55. The van der Waals surface area contributed by atoms with Crippen molar-refractivity contribution < 1.29 is 9.21 Å². The molecule has 26 heavy (non-hydrogen) atoms. The number of nitrogens with zero attached hydrogens (tertiary/aromatic N) is 3. The third-order valence-corrected chi connectivity index (χ3v) is 4.50. The number of rotatable bonds is 3. The van der Waals surface area contributed by atoms with E-state index in [4.69, 9.17) is 4.42 Å². The second-order valence-electron chi connectivity index (χ2n) is 6.44. The fourth-order valence-corrected chi connectivity index (χ4v) is 3.19. The first-order valence-corrected chi connectivity index (χ1v) is 8.57. The van der Waals surface area contributed by atoms with E-state index in [2.05, 4.69) is 20.3 Å². The number of fused-ring (bicyclic) bond motifs is 1. The van der Waals surface area contributed by atoms with Gasteiger partial charge in [-0.05, 0) is 31.9 Å². The first kappa shape index (κ1) is 16.3. The number of carbonyl (C=O) groups is 1. The van der Waals surface area contributed by atoms with Crippen LogP contribution >= 0.6 is 0 Å². The van der Waals surface area contributed by atoms with Gasteiger partial charge in [0.1, 0.15) is 5.52 Å². The average molecular weight is 353 g/mol. The van der Waals surface area contributed by atoms with Crippen LogP contribution in [0.1, 0.15) is 29.1 Å². The summed E-state index contributed by atoms with van der Waals surface area (Å²) in [5.74, 6) is 0.623. The predicted molar refractivity (Wildman–Crippen MR) is 96.3 cm³/mol. The summed E-state index contributed by atoms with van der Waals surface area (Å²) in [6.07, 6.45) is 3.20. The van der Waals surface area contributed by atoms with E-state index in [-0.39, 0.29) is 23.3 Å². The van der Waals surface area contributed by atoms with Crippen LogP contribution in [0, 0.1) is 6.92 Å². The molecule has 1 fully saturated rings. The molecule has 0 radical (unpaired) electrons. The van der Waals surface area contributed by atoms with Gasteiger partial charge in [-0.2, -0.15) is 0 Å². The van der Waals surface area contributed by atoms with Gasteiger partial charge in [-0.15, -0.1) is 0 Å². The Labute approximate surface area is 149 Å². The third kappa shape index (κ3) is 3.30. The molecule has 3 aromatic heterocycles. The Kier molecular flexibility index (Phi) is 4.16. The molecule has 0 aromatic carbocycles. The van der Waals surface area contributed by atoms with Crippen LogP contribution in [0.3, 0.4) is 0 Å². The number of aromatic nitrogens is 3. The highest BCUT2D eigenvalue weighted by Gasteiger charge is 2.24. The minimum atomic E-state index is -0.233. The highest BCUT2D eigenvalue weighted by atomic mass is 16.3. The molecule has 8 heteroatoms. The molecule has 1 aliphatic rings. The fourth-order valence-electron chi connectivity index (χ4n) is 3.19. The number of amides is 1. The predicted octanol–water partition coefficient (Wildman–Crippen LogP) is 1.62. The molecule has 0 atom stereocenters. The smallest absolute Gasteiger partial charge is 0.287 e. The number of pyridine rings is 1. The van der Waals surface area contributed by atoms with Crippen molar-refractivity contribution in [3.8, 4) is 0 Å². The molecule has 0 unspecified atom stereocenters. The van der Waals surface area contributed by atoms with E-state index in [0.717, 1.165) is 12.8 Å². The van der Waals surface area contributed by atoms with Gasteiger partial charge in [-0.1, -0.05) is 0 Å². The molecular weight excluding hydrogens is 334 g/mol. The lowest BCUT2D eigenvalue weighted by Crippen LogP contribution is -2.45. The summed E-state index contributed by atoms with van der Waals surface area (Å²) in [5.41, 5.74) is 1.81. The zero-order valence-electron chi connectivity index (χ0n) is 14.4. The third-order valence-electron chi connectivity index (χ3n) is 4.50. The lowest BCUT2D eigenvalue weighted by atomic mass is 10.1. The van der Waals surface area contributed by atoms with Crippen molar-refractivity contribution in [2.24, 2.45) is 0 Å². The molecular formula is C18H19N5O3. The molecule has 3 aromatic rings. The van der Waals surface area contributed by atoms with Gasteiger partial charge in [-0.25, -0.2) is 4.98 Å². The largest absolute Gasteiger partial charge is 0.449 e. The van der Waals surface area contributed by atoms with Crippen LogP contribution in [-0.2, 0) is 0 Å². The first-order chi connectivity index (χ1) is 12.6. The zero-order valence-corrected chi connectivity index (χ0v) is 14.4. The van der Waals surface area contributed by atoms with Crippen LogP contribution in [0.4, 0.5) is 5.95 Å². The second kappa shape index (κ2) is 6.62. The Balaban J connectivity index is 1.38. The SMILES string of the molecule is Cc1cc(=O)[nH]c(N2CCC(NC(=O)c3cc4ncccc4o3)CC2)n1. The Morgan fingerprint density at radius 3 is 2.88 bits per heavy atom. The van der Waals surface area contributed by atoms with Gasteiger partial charge in [0.05, 0.1) is 0 Å². The summed E-state index contributed by atoms with van der Waals surface area (Å²) in [4.78, 5) is 37.4. The van der Waals surface area contributed by atoms with Crippen LogP contribution in [0.15, 0.2) is 39.7 Å². The molecule has 8 nitrogen and oxygen atoms in total. The first-order valence-electron chi connectivity index (χ1n) is 8.57. The minimum absolute atomic E-state index is 0.0523. The summed E-state index contributed by atoms with van der Waals surface area (Å²) in [5, 5.41) is 3.01. The van der Waals surface area contributed by atoms with Gasteiger partial charge >= 0.3 is 0 Å². The number of H-pyrrole nitrogens is 1. The Morgan fingerprint density at radius 2 is 2.15 bits per heavy atom. The number of hydrogen-bond acceptors (Lipinski definition) is 6. The lowest BCUT2D eigenvalue weighted by Gasteiger charge is -2.32. The van der Waals surface area contributed by atoms with Crippen molar-refractivity contribution in [1.82, 2.24) is 20.3 Å². The maximum absolute atomic E-state index is 12.4. The zero-order chi connectivity index (χ0) is 18.1. The standard InChI is InChI=1S/C18H19N5O3/c1-11-9-16(24)22-18(20-11)23-7-4-12(5-8-23)21-17(25)15-10-13-14(26-15)3-2-6-19-13/h2-3,6,9-10,12H,4-5,7-8H2,1H3,(H,21,25)(H,20,22,24).